The highest BCUT2D eigenvalue weighted by Gasteiger charge is 2.37. The van der Waals surface area contributed by atoms with E-state index in [9.17, 15) is 9.13 Å². The van der Waals surface area contributed by atoms with Crippen LogP contribution in [0.1, 0.15) is 33.4 Å². The number of nitrogens with zero attached hydrogens (tertiary/aromatic N) is 3. The predicted molar refractivity (Wildman–Crippen MR) is 86.1 cm³/mol. The zero-order valence-corrected chi connectivity index (χ0v) is 16.0. The van der Waals surface area contributed by atoms with Gasteiger partial charge in [0.1, 0.15) is 6.29 Å². The summed E-state index contributed by atoms with van der Waals surface area (Å²) in [5.41, 5.74) is 0.551. The fraction of sp³-hybridized carbons (Fsp3) is 0.833. The molecule has 0 N–H and O–H groups in total. The minimum absolute atomic E-state index is 0.167. The van der Waals surface area contributed by atoms with Gasteiger partial charge in [-0.15, -0.1) is 5.10 Å². The van der Waals surface area contributed by atoms with Crippen LogP contribution in [0.5, 0.6) is 0 Å². The minimum atomic E-state index is -3.62. The van der Waals surface area contributed by atoms with Gasteiger partial charge in [-0.1, -0.05) is 5.21 Å². The van der Waals surface area contributed by atoms with E-state index in [2.05, 4.69) is 10.3 Å². The zero-order chi connectivity index (χ0) is 17.5. The Bertz CT molecular complexity index is 571. The summed E-state index contributed by atoms with van der Waals surface area (Å²) in [6.45, 7) is 9.29. The predicted octanol–water partition coefficient (Wildman–Crippen LogP) is 2.70. The van der Waals surface area contributed by atoms with Crippen LogP contribution in [0.4, 0.5) is 0 Å². The Kier molecular flexibility index (Phi) is 8.07. The van der Waals surface area contributed by atoms with Crippen LogP contribution >= 0.6 is 15.2 Å². The summed E-state index contributed by atoms with van der Waals surface area (Å²) in [5, 5.41) is 7.80. The van der Waals surface area contributed by atoms with E-state index >= 15 is 0 Å². The average Bonchev–Trinajstić information content (AvgIpc) is 2.81. The van der Waals surface area contributed by atoms with Crippen LogP contribution in [-0.2, 0) is 33.5 Å². The largest absolute Gasteiger partial charge is 0.381 e. The lowest BCUT2D eigenvalue weighted by atomic mass is 10.6. The van der Waals surface area contributed by atoms with Gasteiger partial charge < -0.3 is 18.1 Å². The maximum atomic E-state index is 13.0. The van der Waals surface area contributed by atoms with Gasteiger partial charge in [0.05, 0.1) is 32.1 Å². The van der Waals surface area contributed by atoms with Crippen molar-refractivity contribution < 1.29 is 27.2 Å². The molecule has 0 spiro atoms. The van der Waals surface area contributed by atoms with Gasteiger partial charge in [-0.25, -0.2) is 4.68 Å². The molecule has 1 rings (SSSR count). The molecule has 0 saturated heterocycles. The fourth-order valence-electron chi connectivity index (χ4n) is 2.01. The monoisotopic (exact) mass is 369 g/mol. The Balaban J connectivity index is 3.24. The van der Waals surface area contributed by atoms with Gasteiger partial charge in [0.25, 0.3) is 0 Å². The molecule has 0 atom stereocenters. The molecular formula is C12H25N3O6P2. The summed E-state index contributed by atoms with van der Waals surface area (Å²) >= 11 is 0. The lowest BCUT2D eigenvalue weighted by molar-refractivity contribution is 0.212. The Hall–Kier alpha value is -0.560. The summed E-state index contributed by atoms with van der Waals surface area (Å²) in [6, 6.07) is 0. The normalized spacial score (nSPS) is 12.7. The third-order valence-electron chi connectivity index (χ3n) is 2.69. The van der Waals surface area contributed by atoms with Crippen molar-refractivity contribution in [2.24, 2.45) is 0 Å². The van der Waals surface area contributed by atoms with Crippen molar-refractivity contribution in [2.75, 3.05) is 26.4 Å². The molecule has 0 bridgehead atoms. The number of hydrogen-bond acceptors (Lipinski definition) is 8. The molecule has 11 heteroatoms. The maximum absolute atomic E-state index is 13.0. The molecule has 0 aliphatic heterocycles. The van der Waals surface area contributed by atoms with E-state index in [1.54, 1.807) is 34.6 Å². The number of rotatable bonds is 11. The quantitative estimate of drug-likeness (QED) is 0.549. The molecule has 23 heavy (non-hydrogen) atoms. The van der Waals surface area contributed by atoms with Crippen molar-refractivity contribution in [3.05, 3.63) is 5.69 Å². The third kappa shape index (κ3) is 5.21. The highest BCUT2D eigenvalue weighted by Crippen LogP contribution is 2.52. The standard InChI is InChI=1S/C12H25N3O6P2/c1-6-18-22(16,19-7-2)10-15-12(11(5)13-14-15)23(17,20-8-3)21-9-4/h6-10H2,1-5H3. The third-order valence-corrected chi connectivity index (χ3v) is 6.87. The Morgan fingerprint density at radius 2 is 1.39 bits per heavy atom. The molecule has 134 valence electrons. The van der Waals surface area contributed by atoms with Gasteiger partial charge >= 0.3 is 15.2 Å². The van der Waals surface area contributed by atoms with Gasteiger partial charge in [0, 0.05) is 0 Å². The van der Waals surface area contributed by atoms with E-state index in [-0.39, 0.29) is 38.1 Å². The molecule has 0 aliphatic rings. The van der Waals surface area contributed by atoms with Crippen molar-refractivity contribution in [1.82, 2.24) is 15.0 Å². The van der Waals surface area contributed by atoms with E-state index in [0.29, 0.717) is 5.69 Å². The van der Waals surface area contributed by atoms with Gasteiger partial charge in [-0.3, -0.25) is 9.13 Å². The molecule has 9 nitrogen and oxygen atoms in total. The van der Waals surface area contributed by atoms with Crippen molar-refractivity contribution in [3.8, 4) is 0 Å². The SMILES string of the molecule is CCOP(=O)(Cn1nnc(C)c1P(=O)(OCC)OCC)OCC. The van der Waals surface area contributed by atoms with Crippen LogP contribution in [0, 0.1) is 6.92 Å². The van der Waals surface area contributed by atoms with Crippen molar-refractivity contribution in [2.45, 2.75) is 40.9 Å². The van der Waals surface area contributed by atoms with Gasteiger partial charge in [-0.05, 0) is 34.6 Å². The van der Waals surface area contributed by atoms with E-state index in [4.69, 9.17) is 18.1 Å². The first-order valence-corrected chi connectivity index (χ1v) is 10.8. The second kappa shape index (κ2) is 9.06. The molecular weight excluding hydrogens is 344 g/mol. The fourth-order valence-corrected chi connectivity index (χ4v) is 5.50. The van der Waals surface area contributed by atoms with Crippen molar-refractivity contribution in [3.63, 3.8) is 0 Å². The molecule has 0 fully saturated rings. The molecule has 0 aliphatic carbocycles. The Morgan fingerprint density at radius 3 is 1.83 bits per heavy atom. The molecule has 1 aromatic rings. The first-order chi connectivity index (χ1) is 10.9. The molecule has 0 aromatic carbocycles. The van der Waals surface area contributed by atoms with Gasteiger partial charge in [0.15, 0.2) is 5.44 Å². The topological polar surface area (TPSA) is 102 Å². The smallest absolute Gasteiger partial charge is 0.308 e. The molecule has 0 unspecified atom stereocenters. The highest BCUT2D eigenvalue weighted by molar-refractivity contribution is 7.62. The lowest BCUT2D eigenvalue weighted by Crippen LogP contribution is -2.24. The van der Waals surface area contributed by atoms with E-state index in [1.807, 2.05) is 0 Å². The Labute approximate surface area is 136 Å². The van der Waals surface area contributed by atoms with Crippen LogP contribution in [0.25, 0.3) is 0 Å². The number of aryl methyl sites for hydroxylation is 1. The summed E-state index contributed by atoms with van der Waals surface area (Å²) in [7, 11) is -7.05. The molecule has 1 heterocycles. The molecule has 0 saturated carbocycles. The van der Waals surface area contributed by atoms with Gasteiger partial charge in [0.2, 0.25) is 0 Å². The van der Waals surface area contributed by atoms with E-state index in [1.165, 1.54) is 4.68 Å². The number of aromatic nitrogens is 3. The van der Waals surface area contributed by atoms with Crippen molar-refractivity contribution in [1.29, 1.82) is 0 Å². The summed E-state index contributed by atoms with van der Waals surface area (Å²) in [6.07, 6.45) is -0.213. The van der Waals surface area contributed by atoms with Gasteiger partial charge in [-0.2, -0.15) is 0 Å². The number of hydrogen-bond donors (Lipinski definition) is 0. The highest BCUT2D eigenvalue weighted by atomic mass is 31.2. The van der Waals surface area contributed by atoms with Crippen LogP contribution < -0.4 is 5.44 Å². The van der Waals surface area contributed by atoms with Crippen LogP contribution in [-0.4, -0.2) is 41.4 Å². The summed E-state index contributed by atoms with van der Waals surface area (Å²) in [4.78, 5) is 0. The summed E-state index contributed by atoms with van der Waals surface area (Å²) in [5.74, 6) is 0. The van der Waals surface area contributed by atoms with E-state index < -0.39 is 15.2 Å². The van der Waals surface area contributed by atoms with Crippen LogP contribution in [0.15, 0.2) is 0 Å². The van der Waals surface area contributed by atoms with Crippen LogP contribution in [0.3, 0.4) is 0 Å². The molecule has 0 radical (unpaired) electrons. The first-order valence-electron chi connectivity index (χ1n) is 7.53. The summed E-state index contributed by atoms with van der Waals surface area (Å²) < 4.78 is 48.1. The van der Waals surface area contributed by atoms with Crippen molar-refractivity contribution >= 4 is 20.6 Å². The molecule has 0 amide bonds. The second-order valence-electron chi connectivity index (χ2n) is 4.42. The first kappa shape index (κ1) is 20.5. The zero-order valence-electron chi connectivity index (χ0n) is 14.2. The van der Waals surface area contributed by atoms with E-state index in [0.717, 1.165) is 0 Å². The maximum Gasteiger partial charge on any atom is 0.381 e. The molecule has 1 aromatic heterocycles. The average molecular weight is 369 g/mol. The minimum Gasteiger partial charge on any atom is -0.308 e. The second-order valence-corrected chi connectivity index (χ2v) is 8.37. The Morgan fingerprint density at radius 1 is 0.913 bits per heavy atom. The lowest BCUT2D eigenvalue weighted by Gasteiger charge is -2.21. The van der Waals surface area contributed by atoms with Crippen LogP contribution in [0.2, 0.25) is 0 Å².